The van der Waals surface area contributed by atoms with Crippen LogP contribution in [0, 0.1) is 6.92 Å². The molecule has 0 atom stereocenters. The van der Waals surface area contributed by atoms with Crippen molar-refractivity contribution in [2.45, 2.75) is 11.8 Å². The highest BCUT2D eigenvalue weighted by Gasteiger charge is 2.13. The molecule has 0 aromatic heterocycles. The first kappa shape index (κ1) is 11.9. The lowest BCUT2D eigenvalue weighted by Crippen LogP contribution is -2.20. The van der Waals surface area contributed by atoms with Gasteiger partial charge in [0.1, 0.15) is 0 Å². The van der Waals surface area contributed by atoms with Crippen molar-refractivity contribution in [2.75, 3.05) is 11.6 Å². The fourth-order valence-corrected chi connectivity index (χ4v) is 2.20. The number of sulfone groups is 1. The van der Waals surface area contributed by atoms with Gasteiger partial charge in [0, 0.05) is 6.26 Å². The first-order chi connectivity index (χ1) is 6.80. The summed E-state index contributed by atoms with van der Waals surface area (Å²) < 4.78 is 22.9. The van der Waals surface area contributed by atoms with Gasteiger partial charge in [-0.3, -0.25) is 0 Å². The first-order valence-corrected chi connectivity index (χ1v) is 6.48. The summed E-state index contributed by atoms with van der Waals surface area (Å²) in [7, 11) is -3.28. The Morgan fingerprint density at radius 1 is 1.47 bits per heavy atom. The van der Waals surface area contributed by atoms with E-state index in [1.807, 2.05) is 6.92 Å². The largest absolute Gasteiger partial charge is 0.376 e. The van der Waals surface area contributed by atoms with Crippen molar-refractivity contribution in [2.24, 2.45) is 5.73 Å². The Morgan fingerprint density at radius 3 is 2.53 bits per heavy atom. The van der Waals surface area contributed by atoms with Gasteiger partial charge in [-0.05, 0) is 36.8 Å². The van der Waals surface area contributed by atoms with Crippen LogP contribution >= 0.6 is 12.2 Å². The van der Waals surface area contributed by atoms with Gasteiger partial charge in [0.15, 0.2) is 14.9 Å². The van der Waals surface area contributed by atoms with Crippen LogP contribution in [0.2, 0.25) is 0 Å². The van der Waals surface area contributed by atoms with Gasteiger partial charge in [-0.2, -0.15) is 0 Å². The summed E-state index contributed by atoms with van der Waals surface area (Å²) in [6, 6.07) is 5.01. The fourth-order valence-electron chi connectivity index (χ4n) is 1.17. The van der Waals surface area contributed by atoms with Gasteiger partial charge in [0.05, 0.1) is 10.6 Å². The monoisotopic (exact) mass is 244 g/mol. The van der Waals surface area contributed by atoms with E-state index in [9.17, 15) is 8.42 Å². The average molecular weight is 244 g/mol. The molecule has 0 saturated carbocycles. The number of thiocarbonyl (C=S) groups is 1. The Bertz CT molecular complexity index is 495. The van der Waals surface area contributed by atoms with Crippen LogP contribution < -0.4 is 11.1 Å². The van der Waals surface area contributed by atoms with Gasteiger partial charge in [0.25, 0.3) is 0 Å². The van der Waals surface area contributed by atoms with Crippen LogP contribution in [0.15, 0.2) is 23.1 Å². The highest BCUT2D eigenvalue weighted by Crippen LogP contribution is 2.22. The number of nitrogens with one attached hydrogen (secondary N) is 1. The number of aryl methyl sites for hydroxylation is 1. The molecule has 3 N–H and O–H groups in total. The molecule has 1 aromatic carbocycles. The lowest BCUT2D eigenvalue weighted by Gasteiger charge is -2.09. The van der Waals surface area contributed by atoms with Crippen LogP contribution in [0.5, 0.6) is 0 Å². The van der Waals surface area contributed by atoms with Crippen molar-refractivity contribution < 1.29 is 8.42 Å². The second-order valence-electron chi connectivity index (χ2n) is 3.26. The predicted molar refractivity (Wildman–Crippen MR) is 64.7 cm³/mol. The molecule has 1 rings (SSSR count). The number of benzene rings is 1. The zero-order chi connectivity index (χ0) is 11.6. The molecular weight excluding hydrogens is 232 g/mol. The standard InChI is InChI=1S/C9H12N2O2S2/c1-6-3-4-7(11-9(10)14)8(5-6)15(2,12)13/h3-5H,1-2H3,(H3,10,11,14). The molecule has 0 aliphatic rings. The highest BCUT2D eigenvalue weighted by atomic mass is 32.2. The topological polar surface area (TPSA) is 72.2 Å². The summed E-state index contributed by atoms with van der Waals surface area (Å²) in [5.74, 6) is 0. The Balaban J connectivity index is 3.33. The number of anilines is 1. The third-order valence-electron chi connectivity index (χ3n) is 1.79. The van der Waals surface area contributed by atoms with Gasteiger partial charge >= 0.3 is 0 Å². The van der Waals surface area contributed by atoms with E-state index in [4.69, 9.17) is 5.73 Å². The third-order valence-corrected chi connectivity index (χ3v) is 3.03. The molecule has 82 valence electrons. The Morgan fingerprint density at radius 2 is 2.07 bits per heavy atom. The quantitative estimate of drug-likeness (QED) is 0.761. The molecule has 0 saturated heterocycles. The molecule has 0 amide bonds. The smallest absolute Gasteiger partial charge is 0.177 e. The average Bonchev–Trinajstić information content (AvgIpc) is 2.05. The molecule has 0 aliphatic carbocycles. The van der Waals surface area contributed by atoms with Crippen molar-refractivity contribution in [3.05, 3.63) is 23.8 Å². The summed E-state index contributed by atoms with van der Waals surface area (Å²) in [5.41, 5.74) is 6.58. The van der Waals surface area contributed by atoms with E-state index in [-0.39, 0.29) is 10.0 Å². The maximum atomic E-state index is 11.5. The maximum absolute atomic E-state index is 11.5. The molecule has 0 fully saturated rings. The van der Waals surface area contributed by atoms with Crippen LogP contribution in [0.25, 0.3) is 0 Å². The van der Waals surface area contributed by atoms with Crippen LogP contribution in [-0.4, -0.2) is 19.8 Å². The number of hydrogen-bond donors (Lipinski definition) is 2. The van der Waals surface area contributed by atoms with Crippen molar-refractivity contribution in [1.82, 2.24) is 0 Å². The second kappa shape index (κ2) is 4.16. The zero-order valence-electron chi connectivity index (χ0n) is 8.44. The maximum Gasteiger partial charge on any atom is 0.177 e. The van der Waals surface area contributed by atoms with Crippen LogP contribution in [0.1, 0.15) is 5.56 Å². The number of hydrogen-bond acceptors (Lipinski definition) is 3. The van der Waals surface area contributed by atoms with Gasteiger partial charge in [-0.1, -0.05) is 6.07 Å². The summed E-state index contributed by atoms with van der Waals surface area (Å²) in [5, 5.41) is 2.68. The fraction of sp³-hybridized carbons (Fsp3) is 0.222. The number of rotatable bonds is 2. The molecule has 0 spiro atoms. The summed E-state index contributed by atoms with van der Waals surface area (Å²) >= 11 is 4.66. The zero-order valence-corrected chi connectivity index (χ0v) is 10.1. The van der Waals surface area contributed by atoms with E-state index < -0.39 is 9.84 Å². The third kappa shape index (κ3) is 3.17. The minimum Gasteiger partial charge on any atom is -0.376 e. The lowest BCUT2D eigenvalue weighted by molar-refractivity contribution is 0.602. The normalized spacial score (nSPS) is 11.1. The van der Waals surface area contributed by atoms with E-state index in [1.165, 1.54) is 0 Å². The van der Waals surface area contributed by atoms with Gasteiger partial charge in [-0.25, -0.2) is 8.42 Å². The van der Waals surface area contributed by atoms with E-state index in [2.05, 4.69) is 17.5 Å². The minimum atomic E-state index is -3.28. The molecule has 0 bridgehead atoms. The van der Waals surface area contributed by atoms with Gasteiger partial charge < -0.3 is 11.1 Å². The van der Waals surface area contributed by atoms with Crippen molar-refractivity contribution >= 4 is 32.9 Å². The highest BCUT2D eigenvalue weighted by molar-refractivity contribution is 7.90. The van der Waals surface area contributed by atoms with Crippen molar-refractivity contribution in [1.29, 1.82) is 0 Å². The van der Waals surface area contributed by atoms with Gasteiger partial charge in [-0.15, -0.1) is 0 Å². The summed E-state index contributed by atoms with van der Waals surface area (Å²) in [4.78, 5) is 0.204. The van der Waals surface area contributed by atoms with Crippen LogP contribution in [0.3, 0.4) is 0 Å². The Hall–Kier alpha value is -1.14. The molecule has 4 nitrogen and oxygen atoms in total. The van der Waals surface area contributed by atoms with Crippen molar-refractivity contribution in [3.8, 4) is 0 Å². The van der Waals surface area contributed by atoms with E-state index in [1.54, 1.807) is 18.2 Å². The predicted octanol–water partition coefficient (Wildman–Crippen LogP) is 1.05. The van der Waals surface area contributed by atoms with E-state index in [0.717, 1.165) is 11.8 Å². The lowest BCUT2D eigenvalue weighted by atomic mass is 10.2. The van der Waals surface area contributed by atoms with Crippen LogP contribution in [-0.2, 0) is 9.84 Å². The number of nitrogens with two attached hydrogens (primary N) is 1. The minimum absolute atomic E-state index is 0.0451. The molecule has 6 heteroatoms. The molecule has 0 aliphatic heterocycles. The molecule has 0 unspecified atom stereocenters. The summed E-state index contributed by atoms with van der Waals surface area (Å²) in [6.45, 7) is 1.82. The van der Waals surface area contributed by atoms with Crippen molar-refractivity contribution in [3.63, 3.8) is 0 Å². The van der Waals surface area contributed by atoms with E-state index in [0.29, 0.717) is 5.69 Å². The Labute approximate surface area is 94.4 Å². The van der Waals surface area contributed by atoms with E-state index >= 15 is 0 Å². The second-order valence-corrected chi connectivity index (χ2v) is 5.69. The molecule has 0 heterocycles. The SMILES string of the molecule is Cc1ccc(NC(N)=S)c(S(C)(=O)=O)c1. The molecule has 1 aromatic rings. The van der Waals surface area contributed by atoms with Gasteiger partial charge in [0.2, 0.25) is 0 Å². The Kier molecular flexibility index (Phi) is 3.31. The molecule has 0 radical (unpaired) electrons. The summed E-state index contributed by atoms with van der Waals surface area (Å²) in [6.07, 6.45) is 1.15. The molecular formula is C9H12N2O2S2. The van der Waals surface area contributed by atoms with Crippen LogP contribution in [0.4, 0.5) is 5.69 Å². The molecule has 15 heavy (non-hydrogen) atoms. The first-order valence-electron chi connectivity index (χ1n) is 4.18.